The molecular formula is C16H17FN4O4. The fourth-order valence-electron chi connectivity index (χ4n) is 3.17. The van der Waals surface area contributed by atoms with Crippen molar-refractivity contribution in [3.63, 3.8) is 0 Å². The zero-order chi connectivity index (χ0) is 17.6. The standard InChI is InChI=1S/C16H17FN4O4/c17-8-5-21(16-14(24)13(23)10(6-22)25-16)15-11(8)12(19-7-20-15)9-3-1-2-4-18-9/h2-5,7,10,13-14,16,18,22-24H,1,6H2/t10-,13-,14-,16-/m1/s1. The fourth-order valence-corrected chi connectivity index (χ4v) is 3.17. The molecule has 4 atom stereocenters. The molecule has 2 aliphatic rings. The first-order valence-corrected chi connectivity index (χ1v) is 7.87. The zero-order valence-corrected chi connectivity index (χ0v) is 13.1. The summed E-state index contributed by atoms with van der Waals surface area (Å²) < 4.78 is 21.4. The summed E-state index contributed by atoms with van der Waals surface area (Å²) in [5.74, 6) is -0.569. The van der Waals surface area contributed by atoms with Gasteiger partial charge in [-0.25, -0.2) is 14.4 Å². The summed E-state index contributed by atoms with van der Waals surface area (Å²) in [7, 11) is 0. The van der Waals surface area contributed by atoms with Crippen molar-refractivity contribution >= 4 is 16.7 Å². The van der Waals surface area contributed by atoms with Crippen LogP contribution in [0, 0.1) is 5.82 Å². The monoisotopic (exact) mass is 348 g/mol. The molecule has 0 bridgehead atoms. The molecule has 25 heavy (non-hydrogen) atoms. The summed E-state index contributed by atoms with van der Waals surface area (Å²) in [6.07, 6.45) is 4.11. The van der Waals surface area contributed by atoms with Crippen LogP contribution in [0.15, 0.2) is 30.9 Å². The minimum atomic E-state index is -1.32. The van der Waals surface area contributed by atoms with Crippen molar-refractivity contribution in [2.24, 2.45) is 0 Å². The lowest BCUT2D eigenvalue weighted by atomic mass is 10.1. The Labute approximate surface area is 141 Å². The zero-order valence-electron chi connectivity index (χ0n) is 13.1. The van der Waals surface area contributed by atoms with E-state index in [1.165, 1.54) is 10.9 Å². The first kappa shape index (κ1) is 16.2. The number of aliphatic hydroxyl groups excluding tert-OH is 3. The molecule has 9 heteroatoms. The maximum Gasteiger partial charge on any atom is 0.164 e. The van der Waals surface area contributed by atoms with Gasteiger partial charge in [0.15, 0.2) is 12.0 Å². The number of hydrogen-bond donors (Lipinski definition) is 4. The largest absolute Gasteiger partial charge is 0.394 e. The Balaban J connectivity index is 1.81. The van der Waals surface area contributed by atoms with E-state index in [0.29, 0.717) is 17.8 Å². The van der Waals surface area contributed by atoms with E-state index in [9.17, 15) is 19.7 Å². The molecular weight excluding hydrogens is 331 g/mol. The molecule has 2 aromatic heterocycles. The molecule has 1 saturated heterocycles. The van der Waals surface area contributed by atoms with Crippen LogP contribution >= 0.6 is 0 Å². The van der Waals surface area contributed by atoms with Gasteiger partial charge in [0.25, 0.3) is 0 Å². The summed E-state index contributed by atoms with van der Waals surface area (Å²) >= 11 is 0. The third-order valence-electron chi connectivity index (χ3n) is 4.42. The number of rotatable bonds is 3. The number of dihydropyridines is 1. The van der Waals surface area contributed by atoms with Gasteiger partial charge < -0.3 is 29.9 Å². The van der Waals surface area contributed by atoms with Crippen LogP contribution in [-0.4, -0.2) is 54.8 Å². The Hall–Kier alpha value is -2.33. The molecule has 0 aromatic carbocycles. The molecule has 4 rings (SSSR count). The second kappa shape index (κ2) is 6.19. The number of nitrogens with one attached hydrogen (secondary N) is 1. The topological polar surface area (TPSA) is 113 Å². The van der Waals surface area contributed by atoms with Gasteiger partial charge in [0.1, 0.15) is 36.0 Å². The van der Waals surface area contributed by atoms with E-state index in [2.05, 4.69) is 15.3 Å². The van der Waals surface area contributed by atoms with Gasteiger partial charge >= 0.3 is 0 Å². The number of ether oxygens (including phenoxy) is 1. The van der Waals surface area contributed by atoms with Crippen molar-refractivity contribution < 1.29 is 24.4 Å². The molecule has 0 radical (unpaired) electrons. The highest BCUT2D eigenvalue weighted by Crippen LogP contribution is 2.34. The molecule has 0 saturated carbocycles. The van der Waals surface area contributed by atoms with Crippen molar-refractivity contribution in [1.82, 2.24) is 19.9 Å². The third kappa shape index (κ3) is 2.52. The van der Waals surface area contributed by atoms with Crippen LogP contribution in [0.1, 0.15) is 18.3 Å². The smallest absolute Gasteiger partial charge is 0.164 e. The molecule has 8 nitrogen and oxygen atoms in total. The Morgan fingerprint density at radius 2 is 2.16 bits per heavy atom. The number of aromatic nitrogens is 3. The van der Waals surface area contributed by atoms with Gasteiger partial charge in [-0.3, -0.25) is 0 Å². The Morgan fingerprint density at radius 3 is 2.84 bits per heavy atom. The number of fused-ring (bicyclic) bond motifs is 1. The molecule has 2 aromatic rings. The lowest BCUT2D eigenvalue weighted by molar-refractivity contribution is -0.0510. The first-order valence-electron chi connectivity index (χ1n) is 7.87. The van der Waals surface area contributed by atoms with E-state index < -0.39 is 37.0 Å². The molecule has 0 unspecified atom stereocenters. The lowest BCUT2D eigenvalue weighted by Crippen LogP contribution is -2.33. The highest BCUT2D eigenvalue weighted by Gasteiger charge is 2.44. The molecule has 0 spiro atoms. The van der Waals surface area contributed by atoms with Crippen molar-refractivity contribution in [3.8, 4) is 0 Å². The summed E-state index contributed by atoms with van der Waals surface area (Å²) in [6.45, 7) is -0.459. The highest BCUT2D eigenvalue weighted by atomic mass is 19.1. The third-order valence-corrected chi connectivity index (χ3v) is 4.42. The summed E-state index contributed by atoms with van der Waals surface area (Å²) in [4.78, 5) is 8.29. The molecule has 4 heterocycles. The Kier molecular flexibility index (Phi) is 4.00. The van der Waals surface area contributed by atoms with Crippen LogP contribution in [0.5, 0.6) is 0 Å². The van der Waals surface area contributed by atoms with E-state index in [-0.39, 0.29) is 11.0 Å². The minimum Gasteiger partial charge on any atom is -0.394 e. The van der Waals surface area contributed by atoms with Gasteiger partial charge in [-0.1, -0.05) is 12.2 Å². The minimum absolute atomic E-state index is 0.189. The van der Waals surface area contributed by atoms with Crippen LogP contribution in [0.3, 0.4) is 0 Å². The molecule has 2 aliphatic heterocycles. The molecule has 0 amide bonds. The maximum atomic E-state index is 14.7. The predicted molar refractivity (Wildman–Crippen MR) is 85.4 cm³/mol. The number of hydrogen-bond acceptors (Lipinski definition) is 7. The van der Waals surface area contributed by atoms with Gasteiger partial charge in [-0.15, -0.1) is 0 Å². The molecule has 4 N–H and O–H groups in total. The van der Waals surface area contributed by atoms with Crippen LogP contribution < -0.4 is 5.32 Å². The highest BCUT2D eigenvalue weighted by molar-refractivity contribution is 5.89. The van der Waals surface area contributed by atoms with Crippen LogP contribution in [0.4, 0.5) is 4.39 Å². The summed E-state index contributed by atoms with van der Waals surface area (Å²) in [6, 6.07) is 0. The van der Waals surface area contributed by atoms with Gasteiger partial charge in [0, 0.05) is 6.20 Å². The average Bonchev–Trinajstić information content (AvgIpc) is 3.13. The molecule has 0 aliphatic carbocycles. The lowest BCUT2D eigenvalue weighted by Gasteiger charge is -2.17. The summed E-state index contributed by atoms with van der Waals surface area (Å²) in [5.41, 5.74) is 1.29. The average molecular weight is 348 g/mol. The first-order chi connectivity index (χ1) is 12.1. The number of aliphatic hydroxyl groups is 3. The number of allylic oxidation sites excluding steroid dienone is 2. The molecule has 132 valence electrons. The van der Waals surface area contributed by atoms with E-state index in [4.69, 9.17) is 4.74 Å². The maximum absolute atomic E-state index is 14.7. The van der Waals surface area contributed by atoms with Crippen molar-refractivity contribution in [2.45, 2.75) is 31.0 Å². The number of halogens is 1. The fraction of sp³-hybridized carbons (Fsp3) is 0.375. The van der Waals surface area contributed by atoms with E-state index in [1.54, 1.807) is 6.20 Å². The van der Waals surface area contributed by atoms with Gasteiger partial charge in [-0.05, 0) is 12.6 Å². The SMILES string of the molecule is OC[C@H]1O[C@@H](n2cc(F)c3c(C4=CCC=CN4)ncnc32)[C@H](O)[C@@H]1O. The van der Waals surface area contributed by atoms with E-state index in [1.807, 2.05) is 12.2 Å². The Morgan fingerprint density at radius 1 is 1.32 bits per heavy atom. The van der Waals surface area contributed by atoms with Gasteiger partial charge in [0.05, 0.1) is 17.7 Å². The van der Waals surface area contributed by atoms with Crippen LogP contribution in [0.2, 0.25) is 0 Å². The second-order valence-corrected chi connectivity index (χ2v) is 5.93. The van der Waals surface area contributed by atoms with Crippen molar-refractivity contribution in [3.05, 3.63) is 42.4 Å². The van der Waals surface area contributed by atoms with Crippen LogP contribution in [-0.2, 0) is 4.74 Å². The quantitative estimate of drug-likeness (QED) is 0.619. The van der Waals surface area contributed by atoms with E-state index in [0.717, 1.165) is 6.20 Å². The molecule has 1 fully saturated rings. The normalized spacial score (nSPS) is 29.0. The van der Waals surface area contributed by atoms with Crippen molar-refractivity contribution in [2.75, 3.05) is 6.61 Å². The van der Waals surface area contributed by atoms with Crippen molar-refractivity contribution in [1.29, 1.82) is 0 Å². The second-order valence-electron chi connectivity index (χ2n) is 5.93. The summed E-state index contributed by atoms with van der Waals surface area (Å²) in [5, 5.41) is 32.6. The predicted octanol–water partition coefficient (Wildman–Crippen LogP) is 0.0298. The van der Waals surface area contributed by atoms with Gasteiger partial charge in [-0.2, -0.15) is 0 Å². The van der Waals surface area contributed by atoms with Gasteiger partial charge in [0.2, 0.25) is 0 Å². The van der Waals surface area contributed by atoms with Crippen LogP contribution in [0.25, 0.3) is 16.7 Å². The number of nitrogens with zero attached hydrogens (tertiary/aromatic N) is 3. The Bertz CT molecular complexity index is 865. The van der Waals surface area contributed by atoms with E-state index >= 15 is 0 Å².